The Bertz CT molecular complexity index is 788. The summed E-state index contributed by atoms with van der Waals surface area (Å²) in [5.41, 5.74) is 0.965. The Labute approximate surface area is 120 Å². The summed E-state index contributed by atoms with van der Waals surface area (Å²) in [6, 6.07) is 6.34. The van der Waals surface area contributed by atoms with Crippen molar-refractivity contribution in [2.45, 2.75) is 6.61 Å². The maximum atomic E-state index is 14.2. The summed E-state index contributed by atoms with van der Waals surface area (Å²) in [6.45, 7) is 0.272. The first-order chi connectivity index (χ1) is 10.2. The van der Waals surface area contributed by atoms with Crippen molar-refractivity contribution in [2.75, 3.05) is 14.2 Å². The van der Waals surface area contributed by atoms with Crippen molar-refractivity contribution in [3.8, 4) is 17.0 Å². The standard InChI is InChI=1S/C14H13FN4O2/c1-20-8-13-17-14-16-6-5-12(19(14)18-13)10-4-3-9(21-2)7-11(10)15/h3-7H,8H2,1-2H3. The van der Waals surface area contributed by atoms with Crippen LogP contribution >= 0.6 is 0 Å². The highest BCUT2D eigenvalue weighted by Gasteiger charge is 2.13. The Kier molecular flexibility index (Phi) is 3.49. The number of nitrogens with zero attached hydrogens (tertiary/aromatic N) is 4. The minimum absolute atomic E-state index is 0.272. The second-order valence-electron chi connectivity index (χ2n) is 4.35. The lowest BCUT2D eigenvalue weighted by molar-refractivity contribution is 0.178. The average molecular weight is 288 g/mol. The van der Waals surface area contributed by atoms with E-state index in [0.717, 1.165) is 0 Å². The van der Waals surface area contributed by atoms with E-state index in [1.54, 1.807) is 31.5 Å². The van der Waals surface area contributed by atoms with Crippen molar-refractivity contribution in [3.05, 3.63) is 42.1 Å². The third-order valence-corrected chi connectivity index (χ3v) is 3.01. The van der Waals surface area contributed by atoms with Crippen LogP contribution in [-0.4, -0.2) is 33.8 Å². The van der Waals surface area contributed by atoms with E-state index in [9.17, 15) is 4.39 Å². The Balaban J connectivity index is 2.15. The van der Waals surface area contributed by atoms with Gasteiger partial charge in [0.25, 0.3) is 5.78 Å². The number of methoxy groups -OCH3 is 2. The van der Waals surface area contributed by atoms with Gasteiger partial charge >= 0.3 is 0 Å². The smallest absolute Gasteiger partial charge is 0.253 e. The van der Waals surface area contributed by atoms with Gasteiger partial charge in [-0.25, -0.2) is 9.37 Å². The first-order valence-corrected chi connectivity index (χ1v) is 6.26. The molecule has 21 heavy (non-hydrogen) atoms. The molecule has 0 spiro atoms. The molecule has 6 nitrogen and oxygen atoms in total. The number of benzene rings is 1. The molecule has 0 atom stereocenters. The zero-order chi connectivity index (χ0) is 14.8. The van der Waals surface area contributed by atoms with Crippen molar-refractivity contribution in [3.63, 3.8) is 0 Å². The van der Waals surface area contributed by atoms with Gasteiger partial charge in [-0.05, 0) is 18.2 Å². The third-order valence-electron chi connectivity index (χ3n) is 3.01. The van der Waals surface area contributed by atoms with Crippen LogP contribution in [0.3, 0.4) is 0 Å². The molecule has 2 aromatic heterocycles. The summed E-state index contributed by atoms with van der Waals surface area (Å²) in [6.07, 6.45) is 1.57. The molecule has 0 radical (unpaired) electrons. The molecule has 3 aromatic rings. The predicted octanol–water partition coefficient (Wildman–Crippen LogP) is 2.09. The van der Waals surface area contributed by atoms with Gasteiger partial charge in [0.1, 0.15) is 18.2 Å². The van der Waals surface area contributed by atoms with E-state index in [4.69, 9.17) is 9.47 Å². The predicted molar refractivity (Wildman–Crippen MR) is 73.4 cm³/mol. The monoisotopic (exact) mass is 288 g/mol. The van der Waals surface area contributed by atoms with E-state index in [-0.39, 0.29) is 6.61 Å². The van der Waals surface area contributed by atoms with Crippen LogP contribution in [0.2, 0.25) is 0 Å². The van der Waals surface area contributed by atoms with Crippen LogP contribution in [0, 0.1) is 5.82 Å². The van der Waals surface area contributed by atoms with E-state index in [1.807, 2.05) is 0 Å². The molecule has 0 N–H and O–H groups in total. The minimum Gasteiger partial charge on any atom is -0.497 e. The normalized spacial score (nSPS) is 11.0. The fourth-order valence-electron chi connectivity index (χ4n) is 2.06. The Morgan fingerprint density at radius 1 is 1.24 bits per heavy atom. The third kappa shape index (κ3) is 2.43. The van der Waals surface area contributed by atoms with Gasteiger partial charge in [-0.15, -0.1) is 5.10 Å². The summed E-state index contributed by atoms with van der Waals surface area (Å²) < 4.78 is 25.7. The van der Waals surface area contributed by atoms with E-state index in [1.165, 1.54) is 17.7 Å². The van der Waals surface area contributed by atoms with Crippen LogP contribution in [-0.2, 0) is 11.3 Å². The summed E-state index contributed by atoms with van der Waals surface area (Å²) in [5, 5.41) is 4.28. The van der Waals surface area contributed by atoms with Gasteiger partial charge in [0.05, 0.1) is 12.8 Å². The van der Waals surface area contributed by atoms with Crippen LogP contribution in [0.25, 0.3) is 17.0 Å². The summed E-state index contributed by atoms with van der Waals surface area (Å²) >= 11 is 0. The molecule has 3 rings (SSSR count). The molecule has 0 aliphatic heterocycles. The maximum Gasteiger partial charge on any atom is 0.253 e. The van der Waals surface area contributed by atoms with Gasteiger partial charge in [0.2, 0.25) is 0 Å². The number of rotatable bonds is 4. The van der Waals surface area contributed by atoms with Crippen molar-refractivity contribution in [1.82, 2.24) is 19.6 Å². The van der Waals surface area contributed by atoms with E-state index in [0.29, 0.717) is 28.6 Å². The summed E-state index contributed by atoms with van der Waals surface area (Å²) in [4.78, 5) is 8.34. The van der Waals surface area contributed by atoms with E-state index >= 15 is 0 Å². The largest absolute Gasteiger partial charge is 0.497 e. The Morgan fingerprint density at radius 2 is 2.10 bits per heavy atom. The van der Waals surface area contributed by atoms with Crippen LogP contribution < -0.4 is 4.74 Å². The Hall–Kier alpha value is -2.54. The van der Waals surface area contributed by atoms with Crippen molar-refractivity contribution >= 4 is 5.78 Å². The quantitative estimate of drug-likeness (QED) is 0.735. The van der Waals surface area contributed by atoms with Gasteiger partial charge < -0.3 is 9.47 Å². The van der Waals surface area contributed by atoms with Crippen LogP contribution in [0.4, 0.5) is 4.39 Å². The number of halogens is 1. The summed E-state index contributed by atoms with van der Waals surface area (Å²) in [5.74, 6) is 0.951. The van der Waals surface area contributed by atoms with Gasteiger partial charge in [0.15, 0.2) is 5.82 Å². The number of hydrogen-bond acceptors (Lipinski definition) is 5. The SMILES string of the molecule is COCc1nc2nccc(-c3ccc(OC)cc3F)n2n1. The lowest BCUT2D eigenvalue weighted by Crippen LogP contribution is -1.98. The van der Waals surface area contributed by atoms with Crippen LogP contribution in [0.15, 0.2) is 30.5 Å². The molecule has 0 aliphatic carbocycles. The molecular weight excluding hydrogens is 275 g/mol. The summed E-state index contributed by atoms with van der Waals surface area (Å²) in [7, 11) is 3.05. The fraction of sp³-hybridized carbons (Fsp3) is 0.214. The first kappa shape index (κ1) is 13.4. The zero-order valence-corrected chi connectivity index (χ0v) is 11.6. The lowest BCUT2D eigenvalue weighted by atomic mass is 10.1. The highest BCUT2D eigenvalue weighted by Crippen LogP contribution is 2.25. The molecule has 0 bridgehead atoms. The van der Waals surface area contributed by atoms with Crippen LogP contribution in [0.5, 0.6) is 5.75 Å². The highest BCUT2D eigenvalue weighted by atomic mass is 19.1. The number of ether oxygens (including phenoxy) is 2. The molecule has 108 valence electrons. The number of hydrogen-bond donors (Lipinski definition) is 0. The van der Waals surface area contributed by atoms with Crippen molar-refractivity contribution < 1.29 is 13.9 Å². The molecule has 2 heterocycles. The van der Waals surface area contributed by atoms with E-state index < -0.39 is 5.82 Å². The highest BCUT2D eigenvalue weighted by molar-refractivity contribution is 5.63. The van der Waals surface area contributed by atoms with Gasteiger partial charge in [-0.3, -0.25) is 0 Å². The van der Waals surface area contributed by atoms with Gasteiger partial charge in [-0.2, -0.15) is 9.50 Å². The molecule has 7 heteroatoms. The molecule has 1 aromatic carbocycles. The Morgan fingerprint density at radius 3 is 2.81 bits per heavy atom. The van der Waals surface area contributed by atoms with Crippen LogP contribution in [0.1, 0.15) is 5.82 Å². The molecular formula is C14H13FN4O2. The first-order valence-electron chi connectivity index (χ1n) is 6.26. The molecule has 0 aliphatic rings. The molecule has 0 unspecified atom stereocenters. The van der Waals surface area contributed by atoms with Crippen molar-refractivity contribution in [1.29, 1.82) is 0 Å². The molecule has 0 fully saturated rings. The zero-order valence-electron chi connectivity index (χ0n) is 11.6. The lowest BCUT2D eigenvalue weighted by Gasteiger charge is -2.06. The van der Waals surface area contributed by atoms with Crippen molar-refractivity contribution in [2.24, 2.45) is 0 Å². The maximum absolute atomic E-state index is 14.2. The fourth-order valence-corrected chi connectivity index (χ4v) is 2.06. The van der Waals surface area contributed by atoms with Gasteiger partial charge in [0, 0.05) is 24.9 Å². The number of aromatic nitrogens is 4. The van der Waals surface area contributed by atoms with E-state index in [2.05, 4.69) is 15.1 Å². The molecule has 0 saturated heterocycles. The topological polar surface area (TPSA) is 61.5 Å². The minimum atomic E-state index is -0.398. The second kappa shape index (κ2) is 5.45. The van der Waals surface area contributed by atoms with Gasteiger partial charge in [-0.1, -0.05) is 0 Å². The second-order valence-corrected chi connectivity index (χ2v) is 4.35. The molecule has 0 saturated carbocycles. The average Bonchev–Trinajstić information content (AvgIpc) is 2.90. The number of fused-ring (bicyclic) bond motifs is 1. The molecule has 0 amide bonds.